The lowest BCUT2D eigenvalue weighted by Crippen LogP contribution is -2.36. The van der Waals surface area contributed by atoms with Crippen molar-refractivity contribution in [2.45, 2.75) is 25.8 Å². The van der Waals surface area contributed by atoms with E-state index in [0.29, 0.717) is 6.04 Å². The summed E-state index contributed by atoms with van der Waals surface area (Å²) in [6, 6.07) is 6.98. The molecule has 0 radical (unpaired) electrons. The summed E-state index contributed by atoms with van der Waals surface area (Å²) in [7, 11) is 6.47. The maximum absolute atomic E-state index is 3.61. The molecule has 0 bridgehead atoms. The summed E-state index contributed by atoms with van der Waals surface area (Å²) >= 11 is 3.61. The highest BCUT2D eigenvalue weighted by Crippen LogP contribution is 2.30. The molecule has 1 unspecified atom stereocenters. The average molecular weight is 354 g/mol. The minimum Gasteiger partial charge on any atom is -0.374 e. The first-order valence-corrected chi connectivity index (χ1v) is 8.67. The topological polar surface area (TPSA) is 18.5 Å². The maximum atomic E-state index is 3.61. The molecule has 0 amide bonds. The van der Waals surface area contributed by atoms with E-state index in [1.165, 1.54) is 37.2 Å². The Hall–Kier alpha value is -0.580. The molecular formula is C17H28BrN3. The third-order valence-electron chi connectivity index (χ3n) is 4.67. The molecule has 3 nitrogen and oxygen atoms in total. The molecule has 1 atom stereocenters. The second kappa shape index (κ2) is 7.61. The van der Waals surface area contributed by atoms with Crippen molar-refractivity contribution in [1.29, 1.82) is 0 Å². The molecule has 0 aliphatic carbocycles. The van der Waals surface area contributed by atoms with E-state index in [-0.39, 0.29) is 0 Å². The zero-order chi connectivity index (χ0) is 15.4. The summed E-state index contributed by atoms with van der Waals surface area (Å²) in [5.74, 6) is 0.808. The van der Waals surface area contributed by atoms with Crippen LogP contribution in [0.2, 0.25) is 0 Å². The highest BCUT2D eigenvalue weighted by atomic mass is 79.9. The molecule has 0 spiro atoms. The molecule has 21 heavy (non-hydrogen) atoms. The second-order valence-electron chi connectivity index (χ2n) is 6.34. The van der Waals surface area contributed by atoms with Gasteiger partial charge in [-0.05, 0) is 70.6 Å². The van der Waals surface area contributed by atoms with Gasteiger partial charge in [-0.2, -0.15) is 0 Å². The zero-order valence-electron chi connectivity index (χ0n) is 13.7. The van der Waals surface area contributed by atoms with Crippen LogP contribution in [0, 0.1) is 5.92 Å². The van der Waals surface area contributed by atoms with Crippen LogP contribution in [0.1, 0.15) is 31.4 Å². The lowest BCUT2D eigenvalue weighted by atomic mass is 9.96. The van der Waals surface area contributed by atoms with Crippen LogP contribution in [0.4, 0.5) is 5.69 Å². The van der Waals surface area contributed by atoms with Crippen LogP contribution in [0.25, 0.3) is 0 Å². The van der Waals surface area contributed by atoms with Crippen LogP contribution in [-0.2, 0) is 0 Å². The monoisotopic (exact) mass is 353 g/mol. The van der Waals surface area contributed by atoms with Gasteiger partial charge in [0.2, 0.25) is 0 Å². The first-order valence-electron chi connectivity index (χ1n) is 7.87. The Balaban J connectivity index is 2.10. The predicted octanol–water partition coefficient (Wildman–Crippen LogP) is 3.51. The third-order valence-corrected chi connectivity index (χ3v) is 5.17. The SMILES string of the molecule is CNC(C)c1ccc(Br)cc1N(C)CC1CCN(C)CC1. The highest BCUT2D eigenvalue weighted by molar-refractivity contribution is 9.10. The summed E-state index contributed by atoms with van der Waals surface area (Å²) < 4.78 is 1.15. The summed E-state index contributed by atoms with van der Waals surface area (Å²) in [6.07, 6.45) is 2.62. The fraction of sp³-hybridized carbons (Fsp3) is 0.647. The Labute approximate surface area is 137 Å². The van der Waals surface area contributed by atoms with Crippen LogP contribution in [0.3, 0.4) is 0 Å². The van der Waals surface area contributed by atoms with Crippen molar-refractivity contribution in [3.63, 3.8) is 0 Å². The Bertz CT molecular complexity index is 455. The van der Waals surface area contributed by atoms with E-state index in [0.717, 1.165) is 16.9 Å². The van der Waals surface area contributed by atoms with Gasteiger partial charge in [0.05, 0.1) is 0 Å². The number of nitrogens with one attached hydrogen (secondary N) is 1. The molecule has 118 valence electrons. The minimum absolute atomic E-state index is 0.369. The molecule has 1 fully saturated rings. The summed E-state index contributed by atoms with van der Waals surface area (Å²) in [4.78, 5) is 4.87. The predicted molar refractivity (Wildman–Crippen MR) is 95.1 cm³/mol. The number of hydrogen-bond acceptors (Lipinski definition) is 3. The molecule has 1 N–H and O–H groups in total. The zero-order valence-corrected chi connectivity index (χ0v) is 15.3. The Morgan fingerprint density at radius 1 is 1.38 bits per heavy atom. The normalized spacial score (nSPS) is 18.7. The molecule has 0 aromatic heterocycles. The number of halogens is 1. The van der Waals surface area contributed by atoms with Gasteiger partial charge in [-0.25, -0.2) is 0 Å². The van der Waals surface area contributed by atoms with E-state index in [1.807, 2.05) is 7.05 Å². The smallest absolute Gasteiger partial charge is 0.0423 e. The number of hydrogen-bond donors (Lipinski definition) is 1. The van der Waals surface area contributed by atoms with Crippen LogP contribution in [0.5, 0.6) is 0 Å². The van der Waals surface area contributed by atoms with Crippen molar-refractivity contribution in [2.24, 2.45) is 5.92 Å². The van der Waals surface area contributed by atoms with Gasteiger partial charge < -0.3 is 15.1 Å². The quantitative estimate of drug-likeness (QED) is 0.873. The van der Waals surface area contributed by atoms with Gasteiger partial charge in [0.25, 0.3) is 0 Å². The lowest BCUT2D eigenvalue weighted by molar-refractivity contribution is 0.222. The van der Waals surface area contributed by atoms with Gasteiger partial charge >= 0.3 is 0 Å². The molecule has 2 rings (SSSR count). The van der Waals surface area contributed by atoms with E-state index in [1.54, 1.807) is 0 Å². The van der Waals surface area contributed by atoms with Crippen LogP contribution in [-0.4, -0.2) is 45.7 Å². The van der Waals surface area contributed by atoms with Crippen molar-refractivity contribution in [2.75, 3.05) is 45.7 Å². The van der Waals surface area contributed by atoms with Crippen LogP contribution in [0.15, 0.2) is 22.7 Å². The van der Waals surface area contributed by atoms with Crippen molar-refractivity contribution in [3.8, 4) is 0 Å². The minimum atomic E-state index is 0.369. The van der Waals surface area contributed by atoms with Gasteiger partial charge in [0, 0.05) is 29.8 Å². The van der Waals surface area contributed by atoms with Crippen molar-refractivity contribution >= 4 is 21.6 Å². The average Bonchev–Trinajstić information content (AvgIpc) is 2.48. The highest BCUT2D eigenvalue weighted by Gasteiger charge is 2.20. The number of anilines is 1. The number of nitrogens with zero attached hydrogens (tertiary/aromatic N) is 2. The number of benzene rings is 1. The standard InChI is InChI=1S/C17H28BrN3/c1-13(19-2)16-6-5-15(18)11-17(16)21(4)12-14-7-9-20(3)10-8-14/h5-6,11,13-14,19H,7-10,12H2,1-4H3. The number of rotatable bonds is 5. The van der Waals surface area contributed by atoms with E-state index < -0.39 is 0 Å². The molecule has 0 saturated carbocycles. The van der Waals surface area contributed by atoms with E-state index in [4.69, 9.17) is 0 Å². The molecule has 4 heteroatoms. The van der Waals surface area contributed by atoms with Gasteiger partial charge in [-0.15, -0.1) is 0 Å². The first-order chi connectivity index (χ1) is 10.0. The largest absolute Gasteiger partial charge is 0.374 e. The fourth-order valence-electron chi connectivity index (χ4n) is 3.10. The van der Waals surface area contributed by atoms with E-state index in [2.05, 4.69) is 70.3 Å². The van der Waals surface area contributed by atoms with Gasteiger partial charge in [0.15, 0.2) is 0 Å². The Morgan fingerprint density at radius 3 is 2.67 bits per heavy atom. The van der Waals surface area contributed by atoms with Gasteiger partial charge in [-0.1, -0.05) is 22.0 Å². The van der Waals surface area contributed by atoms with Gasteiger partial charge in [0.1, 0.15) is 0 Å². The second-order valence-corrected chi connectivity index (χ2v) is 7.26. The van der Waals surface area contributed by atoms with E-state index >= 15 is 0 Å². The Morgan fingerprint density at radius 2 is 2.05 bits per heavy atom. The molecule has 1 aliphatic heterocycles. The van der Waals surface area contributed by atoms with Crippen molar-refractivity contribution in [1.82, 2.24) is 10.2 Å². The lowest BCUT2D eigenvalue weighted by Gasteiger charge is -2.33. The number of likely N-dealkylation sites (tertiary alicyclic amines) is 1. The third kappa shape index (κ3) is 4.44. The summed E-state index contributed by atoms with van der Waals surface area (Å²) in [5.41, 5.74) is 2.71. The molecule has 1 saturated heterocycles. The molecule has 1 aromatic rings. The summed E-state index contributed by atoms with van der Waals surface area (Å²) in [6.45, 7) is 5.83. The Kier molecular flexibility index (Phi) is 6.08. The van der Waals surface area contributed by atoms with Crippen molar-refractivity contribution < 1.29 is 0 Å². The van der Waals surface area contributed by atoms with E-state index in [9.17, 15) is 0 Å². The molecule has 1 heterocycles. The van der Waals surface area contributed by atoms with Crippen molar-refractivity contribution in [3.05, 3.63) is 28.2 Å². The number of piperidine rings is 1. The molecule has 1 aromatic carbocycles. The molecule has 1 aliphatic rings. The fourth-order valence-corrected chi connectivity index (χ4v) is 3.45. The summed E-state index contributed by atoms with van der Waals surface area (Å²) in [5, 5.41) is 3.36. The van der Waals surface area contributed by atoms with Gasteiger partial charge in [-0.3, -0.25) is 0 Å². The van der Waals surface area contributed by atoms with Crippen LogP contribution < -0.4 is 10.2 Å². The maximum Gasteiger partial charge on any atom is 0.0423 e. The van der Waals surface area contributed by atoms with Crippen LogP contribution >= 0.6 is 15.9 Å². The molecular weight excluding hydrogens is 326 g/mol. The first kappa shape index (κ1) is 16.8.